The number of fused-ring (bicyclic) bond motifs is 1. The van der Waals surface area contributed by atoms with Crippen LogP contribution in [-0.4, -0.2) is 28.5 Å². The van der Waals surface area contributed by atoms with Crippen LogP contribution in [0.1, 0.15) is 0 Å². The lowest BCUT2D eigenvalue weighted by molar-refractivity contribution is 0.311. The fourth-order valence-corrected chi connectivity index (χ4v) is 1.33. The van der Waals surface area contributed by atoms with Crippen molar-refractivity contribution in [3.8, 4) is 0 Å². The van der Waals surface area contributed by atoms with Gasteiger partial charge in [0.25, 0.3) is 0 Å². The van der Waals surface area contributed by atoms with Gasteiger partial charge in [0.15, 0.2) is 5.82 Å². The monoisotopic (exact) mass is 189 g/mol. The van der Waals surface area contributed by atoms with Crippen LogP contribution in [0.5, 0.6) is 0 Å². The van der Waals surface area contributed by atoms with Crippen LogP contribution < -0.4 is 5.32 Å². The standard InChI is InChI=1S/C10H11N3O/c14-6-5-11-10-9-4-2-1-3-8(9)7-12-13-10/h1-4,7,14H,5-6H2,(H,11,13). The number of aromatic nitrogens is 2. The summed E-state index contributed by atoms with van der Waals surface area (Å²) in [4.78, 5) is 0. The second-order valence-corrected chi connectivity index (χ2v) is 2.93. The molecule has 0 aliphatic heterocycles. The summed E-state index contributed by atoms with van der Waals surface area (Å²) in [7, 11) is 0. The van der Waals surface area contributed by atoms with Crippen molar-refractivity contribution in [3.05, 3.63) is 30.5 Å². The molecule has 2 rings (SSSR count). The molecule has 0 unspecified atom stereocenters. The number of nitrogens with one attached hydrogen (secondary N) is 1. The molecule has 0 aliphatic rings. The van der Waals surface area contributed by atoms with E-state index in [1.807, 2.05) is 24.3 Å². The van der Waals surface area contributed by atoms with Crippen molar-refractivity contribution in [2.75, 3.05) is 18.5 Å². The number of nitrogens with zero attached hydrogens (tertiary/aromatic N) is 2. The highest BCUT2D eigenvalue weighted by molar-refractivity contribution is 5.90. The number of anilines is 1. The zero-order valence-corrected chi connectivity index (χ0v) is 7.64. The van der Waals surface area contributed by atoms with Gasteiger partial charge in [-0.15, -0.1) is 5.10 Å². The van der Waals surface area contributed by atoms with Gasteiger partial charge >= 0.3 is 0 Å². The number of aliphatic hydroxyl groups excluding tert-OH is 1. The summed E-state index contributed by atoms with van der Waals surface area (Å²) >= 11 is 0. The van der Waals surface area contributed by atoms with Gasteiger partial charge in [0.2, 0.25) is 0 Å². The minimum atomic E-state index is 0.0882. The van der Waals surface area contributed by atoms with E-state index in [-0.39, 0.29) is 6.61 Å². The molecule has 0 radical (unpaired) electrons. The maximum Gasteiger partial charge on any atom is 0.156 e. The molecule has 2 aromatic rings. The minimum Gasteiger partial charge on any atom is -0.395 e. The third-order valence-electron chi connectivity index (χ3n) is 1.97. The van der Waals surface area contributed by atoms with Crippen molar-refractivity contribution in [2.45, 2.75) is 0 Å². The van der Waals surface area contributed by atoms with Crippen LogP contribution in [0.15, 0.2) is 30.5 Å². The molecule has 0 atom stereocenters. The average molecular weight is 189 g/mol. The van der Waals surface area contributed by atoms with Gasteiger partial charge in [-0.05, 0) is 0 Å². The van der Waals surface area contributed by atoms with E-state index in [1.165, 1.54) is 0 Å². The second kappa shape index (κ2) is 4.02. The molecule has 0 amide bonds. The molecule has 4 heteroatoms. The van der Waals surface area contributed by atoms with Crippen molar-refractivity contribution >= 4 is 16.6 Å². The smallest absolute Gasteiger partial charge is 0.156 e. The molecular weight excluding hydrogens is 178 g/mol. The molecular formula is C10H11N3O. The van der Waals surface area contributed by atoms with Gasteiger partial charge in [0.05, 0.1) is 12.8 Å². The zero-order valence-electron chi connectivity index (χ0n) is 7.64. The van der Waals surface area contributed by atoms with E-state index in [0.717, 1.165) is 16.6 Å². The van der Waals surface area contributed by atoms with Crippen molar-refractivity contribution in [1.82, 2.24) is 10.2 Å². The van der Waals surface area contributed by atoms with Crippen molar-refractivity contribution in [3.63, 3.8) is 0 Å². The fourth-order valence-electron chi connectivity index (χ4n) is 1.33. The average Bonchev–Trinajstić information content (AvgIpc) is 2.26. The summed E-state index contributed by atoms with van der Waals surface area (Å²) in [6.07, 6.45) is 1.72. The van der Waals surface area contributed by atoms with E-state index in [1.54, 1.807) is 6.20 Å². The van der Waals surface area contributed by atoms with Gasteiger partial charge in [0.1, 0.15) is 0 Å². The summed E-state index contributed by atoms with van der Waals surface area (Å²) in [6, 6.07) is 7.87. The van der Waals surface area contributed by atoms with Gasteiger partial charge in [-0.1, -0.05) is 24.3 Å². The van der Waals surface area contributed by atoms with Crippen molar-refractivity contribution in [1.29, 1.82) is 0 Å². The summed E-state index contributed by atoms with van der Waals surface area (Å²) in [5, 5.41) is 21.6. The third-order valence-corrected chi connectivity index (χ3v) is 1.97. The molecule has 0 saturated carbocycles. The molecule has 0 bridgehead atoms. The number of hydrogen-bond acceptors (Lipinski definition) is 4. The summed E-state index contributed by atoms with van der Waals surface area (Å²) < 4.78 is 0. The van der Waals surface area contributed by atoms with Gasteiger partial charge in [-0.3, -0.25) is 0 Å². The topological polar surface area (TPSA) is 58.0 Å². The fraction of sp³-hybridized carbons (Fsp3) is 0.200. The molecule has 72 valence electrons. The maximum atomic E-state index is 8.69. The highest BCUT2D eigenvalue weighted by Crippen LogP contribution is 2.18. The molecule has 4 nitrogen and oxygen atoms in total. The van der Waals surface area contributed by atoms with Gasteiger partial charge in [-0.25, -0.2) is 0 Å². The molecule has 2 N–H and O–H groups in total. The lowest BCUT2D eigenvalue weighted by Gasteiger charge is -2.05. The first-order valence-electron chi connectivity index (χ1n) is 4.47. The molecule has 0 spiro atoms. The van der Waals surface area contributed by atoms with E-state index in [2.05, 4.69) is 15.5 Å². The number of hydrogen-bond donors (Lipinski definition) is 2. The van der Waals surface area contributed by atoms with E-state index in [0.29, 0.717) is 6.54 Å². The molecule has 0 aliphatic carbocycles. The Morgan fingerprint density at radius 2 is 2.14 bits per heavy atom. The number of aliphatic hydroxyl groups is 1. The Balaban J connectivity index is 2.43. The quantitative estimate of drug-likeness (QED) is 0.757. The Morgan fingerprint density at radius 1 is 1.29 bits per heavy atom. The van der Waals surface area contributed by atoms with Crippen LogP contribution in [0.4, 0.5) is 5.82 Å². The molecule has 14 heavy (non-hydrogen) atoms. The summed E-state index contributed by atoms with van der Waals surface area (Å²) in [5.74, 6) is 0.720. The minimum absolute atomic E-state index is 0.0882. The predicted octanol–water partition coefficient (Wildman–Crippen LogP) is 1.03. The SMILES string of the molecule is OCCNc1nncc2ccccc12. The van der Waals surface area contributed by atoms with Gasteiger partial charge in [-0.2, -0.15) is 5.10 Å². The Kier molecular flexibility index (Phi) is 2.55. The lowest BCUT2D eigenvalue weighted by atomic mass is 10.2. The van der Waals surface area contributed by atoms with Crippen LogP contribution in [0.3, 0.4) is 0 Å². The first kappa shape index (κ1) is 8.90. The first-order chi connectivity index (χ1) is 6.92. The Labute approximate surface area is 81.6 Å². The summed E-state index contributed by atoms with van der Waals surface area (Å²) in [5.41, 5.74) is 0. The maximum absolute atomic E-state index is 8.69. The van der Waals surface area contributed by atoms with E-state index >= 15 is 0 Å². The van der Waals surface area contributed by atoms with Gasteiger partial charge in [0, 0.05) is 17.3 Å². The zero-order chi connectivity index (χ0) is 9.80. The lowest BCUT2D eigenvalue weighted by Crippen LogP contribution is -2.07. The first-order valence-corrected chi connectivity index (χ1v) is 4.47. The van der Waals surface area contributed by atoms with Crippen LogP contribution in [0.25, 0.3) is 10.8 Å². The van der Waals surface area contributed by atoms with Gasteiger partial charge < -0.3 is 10.4 Å². The van der Waals surface area contributed by atoms with Crippen molar-refractivity contribution in [2.24, 2.45) is 0 Å². The second-order valence-electron chi connectivity index (χ2n) is 2.93. The Bertz CT molecular complexity index is 425. The highest BCUT2D eigenvalue weighted by atomic mass is 16.3. The molecule has 0 fully saturated rings. The molecule has 1 aromatic carbocycles. The van der Waals surface area contributed by atoms with Crippen LogP contribution >= 0.6 is 0 Å². The van der Waals surface area contributed by atoms with Crippen LogP contribution in [-0.2, 0) is 0 Å². The Hall–Kier alpha value is -1.68. The normalized spacial score (nSPS) is 10.4. The Morgan fingerprint density at radius 3 is 3.00 bits per heavy atom. The molecule has 1 aromatic heterocycles. The summed E-state index contributed by atoms with van der Waals surface area (Å²) in [6.45, 7) is 0.577. The van der Waals surface area contributed by atoms with E-state index in [9.17, 15) is 0 Å². The third kappa shape index (κ3) is 1.65. The predicted molar refractivity (Wildman–Crippen MR) is 55.1 cm³/mol. The van der Waals surface area contributed by atoms with E-state index < -0.39 is 0 Å². The number of rotatable bonds is 3. The largest absolute Gasteiger partial charge is 0.395 e. The van der Waals surface area contributed by atoms with E-state index in [4.69, 9.17) is 5.11 Å². The molecule has 1 heterocycles. The molecule has 0 saturated heterocycles. The highest BCUT2D eigenvalue weighted by Gasteiger charge is 2.00. The van der Waals surface area contributed by atoms with Crippen LogP contribution in [0.2, 0.25) is 0 Å². The van der Waals surface area contributed by atoms with Crippen LogP contribution in [0, 0.1) is 0 Å². The van der Waals surface area contributed by atoms with Crippen molar-refractivity contribution < 1.29 is 5.11 Å². The number of benzene rings is 1.